The lowest BCUT2D eigenvalue weighted by molar-refractivity contribution is 1.28. The Morgan fingerprint density at radius 2 is 0.755 bits per heavy atom. The topological polar surface area (TPSA) is 3.24 Å². The van der Waals surface area contributed by atoms with Gasteiger partial charge < -0.3 is 4.90 Å². The maximum absolute atomic E-state index is 9.78. The summed E-state index contributed by atoms with van der Waals surface area (Å²) in [6.07, 6.45) is 0. The Kier molecular flexibility index (Phi) is 6.57. The molecule has 9 rings (SSSR count). The summed E-state index contributed by atoms with van der Waals surface area (Å²) in [6.45, 7) is 0. The Morgan fingerprint density at radius 1 is 0.302 bits per heavy atom. The number of benzene rings is 9. The van der Waals surface area contributed by atoms with Crippen LogP contribution in [0.25, 0.3) is 66.4 Å². The largest absolute Gasteiger partial charge is 0.310 e. The first-order valence-corrected chi connectivity index (χ1v) is 17.5. The molecule has 0 aromatic heterocycles. The van der Waals surface area contributed by atoms with E-state index in [9.17, 15) is 11.0 Å². The molecule has 0 spiro atoms. The van der Waals surface area contributed by atoms with Gasteiger partial charge in [-0.05, 0) is 91.1 Å². The Bertz CT molecular complexity index is 3040. The molecule has 0 radical (unpaired) electrons. The highest BCUT2D eigenvalue weighted by Crippen LogP contribution is 2.43. The quantitative estimate of drug-likeness (QED) is 0.154. The zero-order valence-electron chi connectivity index (χ0n) is 36.7. The van der Waals surface area contributed by atoms with Gasteiger partial charge in [0.1, 0.15) is 0 Å². The zero-order chi connectivity index (χ0) is 42.4. The van der Waals surface area contributed by atoms with Gasteiger partial charge in [-0.1, -0.05) is 194 Å². The minimum Gasteiger partial charge on any atom is -0.310 e. The van der Waals surface area contributed by atoms with E-state index in [0.29, 0.717) is 22.4 Å². The summed E-state index contributed by atoms with van der Waals surface area (Å²) < 4.78 is 77.0. The van der Waals surface area contributed by atoms with Crippen LogP contribution in [0.1, 0.15) is 11.0 Å². The predicted molar refractivity (Wildman–Crippen MR) is 226 cm³/mol. The normalized spacial score (nSPS) is 13.1. The second-order valence-electron chi connectivity index (χ2n) is 12.7. The molecule has 0 heterocycles. The summed E-state index contributed by atoms with van der Waals surface area (Å²) in [7, 11) is 0. The second kappa shape index (κ2) is 14.3. The van der Waals surface area contributed by atoms with E-state index in [1.54, 1.807) is 24.3 Å². The van der Waals surface area contributed by atoms with Gasteiger partial charge in [-0.3, -0.25) is 0 Å². The molecule has 1 nitrogen and oxygen atoms in total. The van der Waals surface area contributed by atoms with Crippen molar-refractivity contribution in [1.29, 1.82) is 0 Å². The van der Waals surface area contributed by atoms with Gasteiger partial charge in [0.05, 0.1) is 16.7 Å². The van der Waals surface area contributed by atoms with E-state index < -0.39 is 24.2 Å². The number of anilines is 3. The number of nitrogens with zero attached hydrogens (tertiary/aromatic N) is 1. The van der Waals surface area contributed by atoms with Crippen LogP contribution in [0.5, 0.6) is 0 Å². The van der Waals surface area contributed by atoms with Gasteiger partial charge in [0.2, 0.25) is 0 Å². The van der Waals surface area contributed by atoms with E-state index in [2.05, 4.69) is 0 Å². The molecule has 0 amide bonds. The van der Waals surface area contributed by atoms with Crippen LogP contribution in [0.2, 0.25) is 0 Å². The maximum Gasteiger partial charge on any atom is 0.0645 e. The fourth-order valence-electron chi connectivity index (χ4n) is 6.85. The first-order chi connectivity index (χ1) is 29.7. The van der Waals surface area contributed by atoms with Crippen molar-refractivity contribution in [3.63, 3.8) is 0 Å². The predicted octanol–water partition coefficient (Wildman–Crippen LogP) is 14.6. The number of hydrogen-bond acceptors (Lipinski definition) is 1. The first-order valence-electron chi connectivity index (χ1n) is 21.5. The van der Waals surface area contributed by atoms with Crippen molar-refractivity contribution in [3.8, 4) is 55.6 Å². The Balaban J connectivity index is 1.31. The fraction of sp³-hybridized carbons (Fsp3) is 0. The molecule has 0 saturated carbocycles. The standard InChI is InChI=1S/C52H37N/c1-4-14-38(15-5-1)39-24-26-40(27-25-39)41-28-33-46(34-29-41)53(51-23-13-12-21-48(51)42-16-6-2-7-17-42)47-35-30-45(31-36-47)52-49-22-11-10-20-44(49)32-37-50(52)43-18-8-3-9-19-43/h1-37H/i28D,29D,30D,31D,33D,34D,35D,36D. The van der Waals surface area contributed by atoms with E-state index in [4.69, 9.17) is 0 Å². The summed E-state index contributed by atoms with van der Waals surface area (Å²) in [5.41, 5.74) is 6.14. The minimum atomic E-state index is -0.400. The van der Waals surface area contributed by atoms with Crippen molar-refractivity contribution in [2.24, 2.45) is 0 Å². The van der Waals surface area contributed by atoms with E-state index in [-0.39, 0.29) is 46.7 Å². The summed E-state index contributed by atoms with van der Waals surface area (Å²) in [5, 5.41) is 1.63. The zero-order valence-corrected chi connectivity index (χ0v) is 28.7. The average molecular weight is 684 g/mol. The Morgan fingerprint density at radius 3 is 1.38 bits per heavy atom. The van der Waals surface area contributed by atoms with Crippen LogP contribution in [-0.4, -0.2) is 0 Å². The molecule has 0 N–H and O–H groups in total. The van der Waals surface area contributed by atoms with E-state index in [1.165, 1.54) is 4.90 Å². The van der Waals surface area contributed by atoms with Crippen LogP contribution in [0.4, 0.5) is 17.1 Å². The summed E-state index contributed by atoms with van der Waals surface area (Å²) in [4.78, 5) is 1.39. The highest BCUT2D eigenvalue weighted by molar-refractivity contribution is 6.04. The van der Waals surface area contributed by atoms with Crippen molar-refractivity contribution in [3.05, 3.63) is 224 Å². The molecule has 0 saturated heterocycles. The molecular weight excluding hydrogens is 639 g/mol. The number of rotatable bonds is 8. The van der Waals surface area contributed by atoms with Crippen molar-refractivity contribution < 1.29 is 11.0 Å². The Labute approximate surface area is 323 Å². The fourth-order valence-corrected chi connectivity index (χ4v) is 6.85. The van der Waals surface area contributed by atoms with E-state index >= 15 is 0 Å². The van der Waals surface area contributed by atoms with Crippen LogP contribution in [0.15, 0.2) is 224 Å². The molecule has 0 fully saturated rings. The maximum atomic E-state index is 9.78. The highest BCUT2D eigenvalue weighted by atomic mass is 15.1. The SMILES string of the molecule is [2H]c1c([2H])c(N(c2ccccc2-c2ccccc2)c2c([2H])c([2H])c(-c3c(-c4ccccc4)ccc4ccccc34)c([2H])c2[2H])c([2H])c([2H])c1-c1ccc(-c2ccccc2)cc1. The molecule has 53 heavy (non-hydrogen) atoms. The molecule has 0 aliphatic rings. The first kappa shape index (κ1) is 24.3. The average Bonchev–Trinajstić information content (AvgIpc) is 3.31. The van der Waals surface area contributed by atoms with Gasteiger partial charge >= 0.3 is 0 Å². The smallest absolute Gasteiger partial charge is 0.0645 e. The monoisotopic (exact) mass is 683 g/mol. The third-order valence-corrected chi connectivity index (χ3v) is 9.45. The summed E-state index contributed by atoms with van der Waals surface area (Å²) in [5.74, 6) is 0. The lowest BCUT2D eigenvalue weighted by Gasteiger charge is -2.28. The molecule has 9 aromatic carbocycles. The molecule has 250 valence electrons. The summed E-state index contributed by atoms with van der Waals surface area (Å²) in [6, 6.07) is 52.2. The summed E-state index contributed by atoms with van der Waals surface area (Å²) >= 11 is 0. The molecule has 9 aromatic rings. The van der Waals surface area contributed by atoms with Crippen LogP contribution in [0.3, 0.4) is 0 Å². The van der Waals surface area contributed by atoms with Gasteiger partial charge in [-0.15, -0.1) is 0 Å². The number of hydrogen-bond donors (Lipinski definition) is 0. The van der Waals surface area contributed by atoms with Gasteiger partial charge in [0.25, 0.3) is 0 Å². The van der Waals surface area contributed by atoms with Crippen molar-refractivity contribution in [2.75, 3.05) is 4.90 Å². The minimum absolute atomic E-state index is 0.106. The molecule has 0 unspecified atom stereocenters. The lowest BCUT2D eigenvalue weighted by atomic mass is 9.89. The molecule has 1 heteroatoms. The van der Waals surface area contributed by atoms with Crippen LogP contribution in [-0.2, 0) is 0 Å². The van der Waals surface area contributed by atoms with Crippen molar-refractivity contribution in [2.45, 2.75) is 0 Å². The van der Waals surface area contributed by atoms with Crippen LogP contribution >= 0.6 is 0 Å². The van der Waals surface area contributed by atoms with Gasteiger partial charge in [0, 0.05) is 16.9 Å². The number of para-hydroxylation sites is 1. The molecule has 0 atom stereocenters. The van der Waals surface area contributed by atoms with E-state index in [1.807, 2.05) is 152 Å². The van der Waals surface area contributed by atoms with E-state index in [0.717, 1.165) is 38.6 Å². The highest BCUT2D eigenvalue weighted by Gasteiger charge is 2.18. The third kappa shape index (κ3) is 6.42. The second-order valence-corrected chi connectivity index (χ2v) is 12.7. The van der Waals surface area contributed by atoms with Gasteiger partial charge in [-0.25, -0.2) is 0 Å². The van der Waals surface area contributed by atoms with Crippen LogP contribution in [0, 0.1) is 0 Å². The van der Waals surface area contributed by atoms with Crippen molar-refractivity contribution in [1.82, 2.24) is 0 Å². The van der Waals surface area contributed by atoms with Gasteiger partial charge in [-0.2, -0.15) is 0 Å². The Hall–Kier alpha value is -6.96. The molecule has 0 bridgehead atoms. The lowest BCUT2D eigenvalue weighted by Crippen LogP contribution is -2.11. The van der Waals surface area contributed by atoms with Crippen LogP contribution < -0.4 is 4.90 Å². The number of fused-ring (bicyclic) bond motifs is 1. The van der Waals surface area contributed by atoms with Gasteiger partial charge in [0.15, 0.2) is 0 Å². The third-order valence-electron chi connectivity index (χ3n) is 9.45. The molecule has 0 aliphatic heterocycles. The molecule has 0 aliphatic carbocycles. The molecular formula is C52H37N. The van der Waals surface area contributed by atoms with Crippen molar-refractivity contribution >= 4 is 27.8 Å².